The third-order valence-corrected chi connectivity index (χ3v) is 4.46. The molecule has 2 aromatic rings. The second-order valence-electron chi connectivity index (χ2n) is 5.83. The second kappa shape index (κ2) is 6.54. The predicted octanol–water partition coefficient (Wildman–Crippen LogP) is -0.860. The maximum atomic E-state index is 11.8. The molecule has 0 aromatic carbocycles. The number of aromatic nitrogens is 4. The molecule has 134 valence electrons. The van der Waals surface area contributed by atoms with Crippen molar-refractivity contribution in [3.05, 3.63) is 17.3 Å². The fourth-order valence-corrected chi connectivity index (χ4v) is 3.20. The number of aliphatic hydroxyl groups excluding tert-OH is 2. The van der Waals surface area contributed by atoms with E-state index < -0.39 is 30.2 Å². The number of amides is 2. The molecule has 25 heavy (non-hydrogen) atoms. The van der Waals surface area contributed by atoms with Crippen LogP contribution < -0.4 is 11.1 Å². The number of fused-ring (bicyclic) bond motifs is 1. The van der Waals surface area contributed by atoms with Gasteiger partial charge in [-0.3, -0.25) is 14.2 Å². The molecular formula is C14H17ClN6O4. The molecule has 2 aromatic heterocycles. The Balaban J connectivity index is 2.06. The fourth-order valence-electron chi connectivity index (χ4n) is 3.07. The number of carbonyl (C=O) groups excluding carboxylic acids is 2. The Morgan fingerprint density at radius 3 is 2.76 bits per heavy atom. The number of carbonyl (C=O) groups is 2. The highest BCUT2D eigenvalue weighted by Crippen LogP contribution is 2.34. The van der Waals surface area contributed by atoms with E-state index in [0.29, 0.717) is 0 Å². The van der Waals surface area contributed by atoms with Gasteiger partial charge < -0.3 is 21.3 Å². The van der Waals surface area contributed by atoms with E-state index in [0.717, 1.165) is 0 Å². The lowest BCUT2D eigenvalue weighted by molar-refractivity contribution is -0.122. The van der Waals surface area contributed by atoms with Gasteiger partial charge in [-0.2, -0.15) is 4.98 Å². The molecule has 2 heterocycles. The number of nitrogens with one attached hydrogen (secondary N) is 1. The van der Waals surface area contributed by atoms with E-state index in [4.69, 9.17) is 17.3 Å². The highest BCUT2D eigenvalue weighted by Gasteiger charge is 2.44. The van der Waals surface area contributed by atoms with Crippen LogP contribution in [0.15, 0.2) is 6.20 Å². The molecule has 5 N–H and O–H groups in total. The number of halogens is 1. The Bertz CT molecular complexity index is 840. The lowest BCUT2D eigenvalue weighted by Crippen LogP contribution is -2.42. The zero-order chi connectivity index (χ0) is 18.3. The van der Waals surface area contributed by atoms with E-state index >= 15 is 0 Å². The minimum atomic E-state index is -1.26. The number of nitrogens with zero attached hydrogens (tertiary/aromatic N) is 4. The van der Waals surface area contributed by atoms with Gasteiger partial charge in [0.25, 0.3) is 5.91 Å². The molecule has 0 unspecified atom stereocenters. The van der Waals surface area contributed by atoms with E-state index in [2.05, 4.69) is 20.3 Å². The van der Waals surface area contributed by atoms with Gasteiger partial charge in [-0.05, 0) is 18.0 Å². The smallest absolute Gasteiger partial charge is 0.284 e. The summed E-state index contributed by atoms with van der Waals surface area (Å²) in [5.74, 6) is -1.21. The van der Waals surface area contributed by atoms with Crippen LogP contribution >= 0.6 is 11.6 Å². The van der Waals surface area contributed by atoms with Crippen molar-refractivity contribution < 1.29 is 19.8 Å². The van der Waals surface area contributed by atoms with Crippen LogP contribution in [0.2, 0.25) is 5.28 Å². The Hall–Kier alpha value is -2.30. The number of hydrogen-bond acceptors (Lipinski definition) is 7. The number of rotatable bonds is 4. The summed E-state index contributed by atoms with van der Waals surface area (Å²) in [7, 11) is 0. The summed E-state index contributed by atoms with van der Waals surface area (Å²) in [5.41, 5.74) is 5.88. The number of imidazole rings is 1. The Morgan fingerprint density at radius 2 is 2.12 bits per heavy atom. The Morgan fingerprint density at radius 1 is 1.40 bits per heavy atom. The van der Waals surface area contributed by atoms with E-state index in [-0.39, 0.29) is 41.0 Å². The molecule has 2 amide bonds. The van der Waals surface area contributed by atoms with Crippen molar-refractivity contribution in [1.29, 1.82) is 0 Å². The number of nitrogens with two attached hydrogens (primary N) is 1. The monoisotopic (exact) mass is 368 g/mol. The predicted molar refractivity (Wildman–Crippen MR) is 86.7 cm³/mol. The van der Waals surface area contributed by atoms with E-state index in [1.54, 1.807) is 6.92 Å². The van der Waals surface area contributed by atoms with Crippen LogP contribution in [-0.4, -0.2) is 59.8 Å². The molecule has 1 aliphatic carbocycles. The lowest BCUT2D eigenvalue weighted by atomic mass is 10.2. The molecule has 11 heteroatoms. The van der Waals surface area contributed by atoms with Crippen molar-refractivity contribution in [3.8, 4) is 0 Å². The molecule has 4 atom stereocenters. The van der Waals surface area contributed by atoms with Crippen molar-refractivity contribution in [2.45, 2.75) is 44.1 Å². The summed E-state index contributed by atoms with van der Waals surface area (Å²) in [4.78, 5) is 35.3. The molecule has 0 bridgehead atoms. The number of hydrogen-bond donors (Lipinski definition) is 4. The zero-order valence-corrected chi connectivity index (χ0v) is 14.0. The summed E-state index contributed by atoms with van der Waals surface area (Å²) in [6, 6.07) is -1.45. The van der Waals surface area contributed by atoms with Crippen LogP contribution in [0.3, 0.4) is 0 Å². The molecule has 3 rings (SSSR count). The van der Waals surface area contributed by atoms with Gasteiger partial charge in [-0.1, -0.05) is 6.92 Å². The third kappa shape index (κ3) is 3.03. The minimum absolute atomic E-state index is 0.0615. The maximum absolute atomic E-state index is 11.8. The molecule has 1 fully saturated rings. The highest BCUT2D eigenvalue weighted by atomic mass is 35.5. The van der Waals surface area contributed by atoms with Crippen molar-refractivity contribution in [3.63, 3.8) is 0 Å². The first kappa shape index (κ1) is 17.5. The van der Waals surface area contributed by atoms with Gasteiger partial charge in [0.1, 0.15) is 17.7 Å². The normalized spacial score (nSPS) is 26.1. The molecular weight excluding hydrogens is 352 g/mol. The van der Waals surface area contributed by atoms with Crippen LogP contribution in [0.25, 0.3) is 11.2 Å². The van der Waals surface area contributed by atoms with Crippen LogP contribution in [0.4, 0.5) is 0 Å². The molecule has 10 nitrogen and oxygen atoms in total. The van der Waals surface area contributed by atoms with Gasteiger partial charge in [-0.25, -0.2) is 9.97 Å². The first-order valence-electron chi connectivity index (χ1n) is 7.69. The third-order valence-electron chi connectivity index (χ3n) is 4.27. The standard InChI is InChI=1S/C14H17ClN6O4/c1-2-8(22)18-5-3-7(10(24)9(5)23)21-12-6(4-17-14(15)20-12)19-13(21)11(16)25/h4-5,7,9-10,23-24H,2-3H2,1H3,(H2,16,25)(H,18,22)/t5-,7+,9+,10-/m0/s1. The molecule has 0 aliphatic heterocycles. The van der Waals surface area contributed by atoms with Crippen LogP contribution in [0.1, 0.15) is 36.4 Å². The van der Waals surface area contributed by atoms with Gasteiger partial charge in [0.15, 0.2) is 5.65 Å². The summed E-state index contributed by atoms with van der Waals surface area (Å²) < 4.78 is 1.34. The van der Waals surface area contributed by atoms with E-state index in [1.807, 2.05) is 0 Å². The minimum Gasteiger partial charge on any atom is -0.388 e. The second-order valence-corrected chi connectivity index (χ2v) is 6.17. The average molecular weight is 369 g/mol. The van der Waals surface area contributed by atoms with Crippen LogP contribution in [0.5, 0.6) is 0 Å². The van der Waals surface area contributed by atoms with Gasteiger partial charge in [0.05, 0.1) is 18.3 Å². The SMILES string of the molecule is CCC(=O)N[C@H]1C[C@@H](n2c(C(N)=O)nc3cnc(Cl)nc32)[C@H](O)[C@@H]1O. The van der Waals surface area contributed by atoms with Gasteiger partial charge in [0.2, 0.25) is 17.0 Å². The maximum Gasteiger partial charge on any atom is 0.284 e. The molecule has 0 radical (unpaired) electrons. The summed E-state index contributed by atoms with van der Waals surface area (Å²) >= 11 is 5.82. The Labute approximate surface area is 147 Å². The van der Waals surface area contributed by atoms with Gasteiger partial charge >= 0.3 is 0 Å². The van der Waals surface area contributed by atoms with Crippen molar-refractivity contribution in [2.75, 3.05) is 0 Å². The van der Waals surface area contributed by atoms with E-state index in [9.17, 15) is 19.8 Å². The fraction of sp³-hybridized carbons (Fsp3) is 0.500. The summed E-state index contributed by atoms with van der Waals surface area (Å²) in [6.07, 6.45) is -0.723. The first-order valence-corrected chi connectivity index (χ1v) is 8.07. The van der Waals surface area contributed by atoms with Crippen LogP contribution in [0, 0.1) is 0 Å². The quantitative estimate of drug-likeness (QED) is 0.511. The van der Waals surface area contributed by atoms with Crippen molar-refractivity contribution in [2.24, 2.45) is 5.73 Å². The van der Waals surface area contributed by atoms with Crippen molar-refractivity contribution >= 4 is 34.6 Å². The lowest BCUT2D eigenvalue weighted by Gasteiger charge is -2.19. The number of primary amides is 1. The van der Waals surface area contributed by atoms with E-state index in [1.165, 1.54) is 10.8 Å². The summed E-state index contributed by atoms with van der Waals surface area (Å²) in [6.45, 7) is 1.68. The van der Waals surface area contributed by atoms with Crippen molar-refractivity contribution in [1.82, 2.24) is 24.8 Å². The topological polar surface area (TPSA) is 156 Å². The highest BCUT2D eigenvalue weighted by molar-refractivity contribution is 6.28. The molecule has 1 aliphatic rings. The van der Waals surface area contributed by atoms with Gasteiger partial charge in [0, 0.05) is 6.42 Å². The first-order chi connectivity index (χ1) is 11.8. The Kier molecular flexibility index (Phi) is 4.58. The molecule has 0 spiro atoms. The summed E-state index contributed by atoms with van der Waals surface area (Å²) in [5, 5.41) is 23.3. The van der Waals surface area contributed by atoms with Crippen LogP contribution in [-0.2, 0) is 4.79 Å². The number of aliphatic hydroxyl groups is 2. The molecule has 1 saturated carbocycles. The zero-order valence-electron chi connectivity index (χ0n) is 13.3. The molecule has 0 saturated heterocycles. The average Bonchev–Trinajstić information content (AvgIpc) is 3.07. The largest absolute Gasteiger partial charge is 0.388 e. The van der Waals surface area contributed by atoms with Gasteiger partial charge in [-0.15, -0.1) is 0 Å².